The molecule has 1 aromatic heterocycles. The van der Waals surface area contributed by atoms with Crippen LogP contribution in [0.2, 0.25) is 0 Å². The number of piperidine rings is 1. The van der Waals surface area contributed by atoms with Gasteiger partial charge >= 0.3 is 6.09 Å². The first kappa shape index (κ1) is 24.5. The molecule has 1 fully saturated rings. The molecule has 10 nitrogen and oxygen atoms in total. The van der Waals surface area contributed by atoms with E-state index in [1.165, 1.54) is 4.57 Å². The molecule has 1 unspecified atom stereocenters. The smallest absolute Gasteiger partial charge is 0.410 e. The number of carbonyl (C=O) groups excluding carboxylic acids is 3. The zero-order chi connectivity index (χ0) is 25.3. The second-order valence-electron chi connectivity index (χ2n) is 10.0. The minimum absolute atomic E-state index is 0.00233. The van der Waals surface area contributed by atoms with Crippen molar-refractivity contribution in [3.63, 3.8) is 0 Å². The predicted octanol–water partition coefficient (Wildman–Crippen LogP) is 2.04. The van der Waals surface area contributed by atoms with Crippen LogP contribution in [-0.4, -0.2) is 52.6 Å². The highest BCUT2D eigenvalue weighted by atomic mass is 16.6. The molecule has 0 spiro atoms. The molecule has 0 radical (unpaired) electrons. The number of hydrogen-bond acceptors (Lipinski definition) is 7. The number of ether oxygens (including phenoxy) is 1. The highest BCUT2D eigenvalue weighted by Gasteiger charge is 2.32. The van der Waals surface area contributed by atoms with Gasteiger partial charge in [0.1, 0.15) is 11.4 Å². The van der Waals surface area contributed by atoms with Crippen LogP contribution in [0.25, 0.3) is 5.69 Å². The Morgan fingerprint density at radius 2 is 1.89 bits per heavy atom. The molecule has 2 aliphatic rings. The van der Waals surface area contributed by atoms with Crippen LogP contribution >= 0.6 is 0 Å². The quantitative estimate of drug-likeness (QED) is 0.556. The van der Waals surface area contributed by atoms with E-state index in [9.17, 15) is 19.2 Å². The lowest BCUT2D eigenvalue weighted by Crippen LogP contribution is -2.44. The van der Waals surface area contributed by atoms with Crippen molar-refractivity contribution in [2.75, 3.05) is 25.4 Å². The molecule has 10 heteroatoms. The summed E-state index contributed by atoms with van der Waals surface area (Å²) in [5, 5.41) is 5.60. The monoisotopic (exact) mass is 481 g/mol. The van der Waals surface area contributed by atoms with Crippen molar-refractivity contribution in [2.24, 2.45) is 5.92 Å². The Balaban J connectivity index is 1.36. The molecule has 0 bridgehead atoms. The summed E-state index contributed by atoms with van der Waals surface area (Å²) in [6.45, 7) is 8.37. The lowest BCUT2D eigenvalue weighted by Gasteiger charge is -2.34. The van der Waals surface area contributed by atoms with Crippen LogP contribution in [0.15, 0.2) is 35.1 Å². The Morgan fingerprint density at radius 3 is 2.57 bits per heavy atom. The van der Waals surface area contributed by atoms with Gasteiger partial charge in [0.2, 0.25) is 0 Å². The average molecular weight is 482 g/mol. The van der Waals surface area contributed by atoms with Crippen molar-refractivity contribution >= 4 is 23.7 Å². The topological polar surface area (TPSA) is 136 Å². The van der Waals surface area contributed by atoms with E-state index >= 15 is 0 Å². The van der Waals surface area contributed by atoms with E-state index in [4.69, 9.17) is 10.5 Å². The summed E-state index contributed by atoms with van der Waals surface area (Å²) in [4.78, 5) is 50.6. The van der Waals surface area contributed by atoms with Gasteiger partial charge in [0.25, 0.3) is 17.4 Å². The minimum Gasteiger partial charge on any atom is -0.444 e. The van der Waals surface area contributed by atoms with E-state index in [1.807, 2.05) is 32.9 Å². The number of likely N-dealkylation sites (tertiary alicyclic amines) is 1. The number of aromatic nitrogens is 1. The molecule has 0 aliphatic carbocycles. The number of carbonyl (C=O) groups is 3. The molecule has 2 aromatic rings. The van der Waals surface area contributed by atoms with Gasteiger partial charge < -0.3 is 20.7 Å². The summed E-state index contributed by atoms with van der Waals surface area (Å²) in [7, 11) is 0. The Kier molecular flexibility index (Phi) is 6.66. The third kappa shape index (κ3) is 5.37. The number of amides is 3. The van der Waals surface area contributed by atoms with E-state index in [-0.39, 0.29) is 23.0 Å². The van der Waals surface area contributed by atoms with Crippen LogP contribution in [-0.2, 0) is 11.3 Å². The number of nitrogens with one attached hydrogen (secondary N) is 2. The summed E-state index contributed by atoms with van der Waals surface area (Å²) in [6, 6.07) is 8.38. The molecule has 186 valence electrons. The number of fused-ring (bicyclic) bond motifs is 1. The number of anilines is 1. The SMILES string of the molecule is CC(C)(C)OC(=O)N1CCCC(CNCc2ccc(-n3c(N)c4c(cc3=O)C(=O)NC4=O)cc2)C1. The van der Waals surface area contributed by atoms with Crippen LogP contribution in [0.4, 0.5) is 10.6 Å². The zero-order valence-corrected chi connectivity index (χ0v) is 20.2. The fraction of sp³-hybridized carbons (Fsp3) is 0.440. The maximum Gasteiger partial charge on any atom is 0.410 e. The standard InChI is InChI=1S/C25H31N5O5/c1-25(2,3)35-24(34)29-10-4-5-16(14-29)13-27-12-15-6-8-17(9-7-15)30-19(31)11-18-20(21(30)26)23(33)28-22(18)32/h6-9,11,16,27H,4-5,10,12-14,26H2,1-3H3,(H,28,32,33). The summed E-state index contributed by atoms with van der Waals surface area (Å²) >= 11 is 0. The number of pyridine rings is 1. The zero-order valence-electron chi connectivity index (χ0n) is 20.2. The second kappa shape index (κ2) is 9.53. The number of nitrogens with zero attached hydrogens (tertiary/aromatic N) is 2. The van der Waals surface area contributed by atoms with Gasteiger partial charge in [0, 0.05) is 25.7 Å². The van der Waals surface area contributed by atoms with Crippen molar-refractivity contribution in [1.29, 1.82) is 0 Å². The van der Waals surface area contributed by atoms with E-state index in [0.29, 0.717) is 31.2 Å². The first-order valence-corrected chi connectivity index (χ1v) is 11.7. The molecule has 0 saturated carbocycles. The lowest BCUT2D eigenvalue weighted by atomic mass is 9.98. The molecule has 1 atom stereocenters. The van der Waals surface area contributed by atoms with Crippen LogP contribution < -0.4 is 21.9 Å². The highest BCUT2D eigenvalue weighted by molar-refractivity contribution is 6.23. The van der Waals surface area contributed by atoms with Crippen LogP contribution in [0, 0.1) is 5.92 Å². The molecule has 1 aromatic carbocycles. The third-order valence-electron chi connectivity index (χ3n) is 6.08. The maximum atomic E-state index is 12.6. The summed E-state index contributed by atoms with van der Waals surface area (Å²) < 4.78 is 6.72. The first-order valence-electron chi connectivity index (χ1n) is 11.7. The summed E-state index contributed by atoms with van der Waals surface area (Å²) in [5.41, 5.74) is 6.64. The Bertz CT molecular complexity index is 1210. The van der Waals surface area contributed by atoms with Crippen molar-refractivity contribution < 1.29 is 19.1 Å². The van der Waals surface area contributed by atoms with E-state index in [2.05, 4.69) is 10.6 Å². The molecule has 2 aliphatic heterocycles. The molecule has 4 rings (SSSR count). The van der Waals surface area contributed by atoms with Gasteiger partial charge in [-0.2, -0.15) is 0 Å². The van der Waals surface area contributed by atoms with Gasteiger partial charge in [-0.15, -0.1) is 0 Å². The van der Waals surface area contributed by atoms with Gasteiger partial charge in [0.15, 0.2) is 0 Å². The Hall–Kier alpha value is -3.66. The maximum absolute atomic E-state index is 12.6. The van der Waals surface area contributed by atoms with Crippen molar-refractivity contribution in [2.45, 2.75) is 45.8 Å². The minimum atomic E-state index is -0.616. The number of imide groups is 1. The Labute approximate surface area is 203 Å². The van der Waals surface area contributed by atoms with E-state index < -0.39 is 23.0 Å². The normalized spacial score (nSPS) is 17.8. The third-order valence-corrected chi connectivity index (χ3v) is 6.08. The molecule has 3 heterocycles. The fourth-order valence-corrected chi connectivity index (χ4v) is 4.45. The van der Waals surface area contributed by atoms with Gasteiger partial charge in [-0.25, -0.2) is 4.79 Å². The van der Waals surface area contributed by atoms with Crippen LogP contribution in [0.3, 0.4) is 0 Å². The van der Waals surface area contributed by atoms with Gasteiger partial charge in [-0.1, -0.05) is 12.1 Å². The molecule has 35 heavy (non-hydrogen) atoms. The number of rotatable bonds is 5. The van der Waals surface area contributed by atoms with Crippen molar-refractivity contribution in [3.8, 4) is 5.69 Å². The summed E-state index contributed by atoms with van der Waals surface area (Å²) in [5.74, 6) is -0.942. The number of benzene rings is 1. The fourth-order valence-electron chi connectivity index (χ4n) is 4.45. The highest BCUT2D eigenvalue weighted by Crippen LogP contribution is 2.23. The Morgan fingerprint density at radius 1 is 1.17 bits per heavy atom. The van der Waals surface area contributed by atoms with Gasteiger partial charge in [-0.05, 0) is 63.8 Å². The molecule has 4 N–H and O–H groups in total. The van der Waals surface area contributed by atoms with Crippen LogP contribution in [0.5, 0.6) is 0 Å². The average Bonchev–Trinajstić information content (AvgIpc) is 3.07. The molecule has 1 saturated heterocycles. The van der Waals surface area contributed by atoms with E-state index in [1.54, 1.807) is 17.0 Å². The van der Waals surface area contributed by atoms with E-state index in [0.717, 1.165) is 31.0 Å². The predicted molar refractivity (Wildman–Crippen MR) is 130 cm³/mol. The number of nitrogen functional groups attached to an aromatic ring is 1. The van der Waals surface area contributed by atoms with Gasteiger partial charge in [-0.3, -0.25) is 24.3 Å². The number of nitrogens with two attached hydrogens (primary N) is 1. The first-order chi connectivity index (χ1) is 16.5. The molecule has 3 amide bonds. The summed E-state index contributed by atoms with van der Waals surface area (Å²) in [6.07, 6.45) is 1.73. The number of hydrogen-bond donors (Lipinski definition) is 3. The second-order valence-corrected chi connectivity index (χ2v) is 10.0. The molecular formula is C25H31N5O5. The molecular weight excluding hydrogens is 450 g/mol. The largest absolute Gasteiger partial charge is 0.444 e. The van der Waals surface area contributed by atoms with Crippen molar-refractivity contribution in [3.05, 3.63) is 57.4 Å². The van der Waals surface area contributed by atoms with Crippen molar-refractivity contribution in [1.82, 2.24) is 20.1 Å². The van der Waals surface area contributed by atoms with Gasteiger partial charge in [0.05, 0.1) is 16.8 Å². The lowest BCUT2D eigenvalue weighted by molar-refractivity contribution is 0.0166. The van der Waals surface area contributed by atoms with Crippen LogP contribution in [0.1, 0.15) is 59.9 Å².